The minimum absolute atomic E-state index is 0.00721. The predicted octanol–water partition coefficient (Wildman–Crippen LogP) is 4.07. The fourth-order valence-electron chi connectivity index (χ4n) is 3.42. The van der Waals surface area contributed by atoms with Crippen molar-refractivity contribution in [2.24, 2.45) is 0 Å². The van der Waals surface area contributed by atoms with E-state index >= 15 is 0 Å². The van der Waals surface area contributed by atoms with Crippen molar-refractivity contribution in [3.63, 3.8) is 0 Å². The summed E-state index contributed by atoms with van der Waals surface area (Å²) in [4.78, 5) is 14.5. The van der Waals surface area contributed by atoms with E-state index in [9.17, 15) is 4.79 Å². The minimum Gasteiger partial charge on any atom is -0.497 e. The van der Waals surface area contributed by atoms with Gasteiger partial charge in [-0.05, 0) is 37.1 Å². The second-order valence-corrected chi connectivity index (χ2v) is 7.08. The third-order valence-corrected chi connectivity index (χ3v) is 4.97. The zero-order chi connectivity index (χ0) is 20.8. The molecule has 30 heavy (non-hydrogen) atoms. The largest absolute Gasteiger partial charge is 0.497 e. The van der Waals surface area contributed by atoms with E-state index in [1.54, 1.807) is 18.1 Å². The number of para-hydroxylation sites is 1. The van der Waals surface area contributed by atoms with Crippen molar-refractivity contribution in [2.75, 3.05) is 25.5 Å². The summed E-state index contributed by atoms with van der Waals surface area (Å²) < 4.78 is 16.7. The molecule has 1 N–H and O–H groups in total. The summed E-state index contributed by atoms with van der Waals surface area (Å²) >= 11 is 0. The Kier molecular flexibility index (Phi) is 6.12. The highest BCUT2D eigenvalue weighted by Crippen LogP contribution is 2.27. The van der Waals surface area contributed by atoms with E-state index in [0.717, 1.165) is 18.6 Å². The van der Waals surface area contributed by atoms with Crippen LogP contribution in [0.25, 0.3) is 0 Å². The van der Waals surface area contributed by atoms with Crippen molar-refractivity contribution in [3.05, 3.63) is 66.4 Å². The van der Waals surface area contributed by atoms with E-state index in [0.29, 0.717) is 36.3 Å². The summed E-state index contributed by atoms with van der Waals surface area (Å²) in [7, 11) is 1.60. The van der Waals surface area contributed by atoms with Gasteiger partial charge in [-0.25, -0.2) is 4.79 Å². The number of carbonyl (C=O) groups excluding carboxylic acids is 1. The van der Waals surface area contributed by atoms with Crippen LogP contribution >= 0.6 is 0 Å². The summed E-state index contributed by atoms with van der Waals surface area (Å²) in [6, 6.07) is 16.6. The Morgan fingerprint density at radius 1 is 1.17 bits per heavy atom. The number of rotatable bonds is 6. The van der Waals surface area contributed by atoms with Crippen LogP contribution in [0.5, 0.6) is 11.5 Å². The van der Waals surface area contributed by atoms with Gasteiger partial charge in [0.25, 0.3) is 5.89 Å². The van der Waals surface area contributed by atoms with Crippen molar-refractivity contribution in [1.82, 2.24) is 15.1 Å². The maximum Gasteiger partial charge on any atom is 0.321 e. The molecular weight excluding hydrogens is 384 g/mol. The zero-order valence-corrected chi connectivity index (χ0v) is 16.8. The van der Waals surface area contributed by atoms with Crippen molar-refractivity contribution in [3.8, 4) is 11.5 Å². The fraction of sp³-hybridized carbons (Fsp3) is 0.318. The summed E-state index contributed by atoms with van der Waals surface area (Å²) in [5.41, 5.74) is 0.694. The smallest absolute Gasteiger partial charge is 0.321 e. The molecule has 1 atom stereocenters. The SMILES string of the molecule is COc1cccc(NC(=O)N2CCCC(c3nnc(COc4ccccc4)o3)C2)c1. The molecule has 1 aliphatic rings. The van der Waals surface area contributed by atoms with E-state index in [1.165, 1.54) is 0 Å². The maximum absolute atomic E-state index is 12.7. The molecule has 0 bridgehead atoms. The number of hydrogen-bond donors (Lipinski definition) is 1. The summed E-state index contributed by atoms with van der Waals surface area (Å²) in [6.45, 7) is 1.42. The van der Waals surface area contributed by atoms with Gasteiger partial charge in [0.05, 0.1) is 13.0 Å². The molecule has 0 aliphatic carbocycles. The van der Waals surface area contributed by atoms with Crippen LogP contribution in [0.3, 0.4) is 0 Å². The van der Waals surface area contributed by atoms with E-state index in [4.69, 9.17) is 13.9 Å². The van der Waals surface area contributed by atoms with Crippen LogP contribution in [-0.2, 0) is 6.61 Å². The number of likely N-dealkylation sites (tertiary alicyclic amines) is 1. The van der Waals surface area contributed by atoms with Crippen LogP contribution in [-0.4, -0.2) is 41.3 Å². The van der Waals surface area contributed by atoms with Crippen LogP contribution in [0.15, 0.2) is 59.0 Å². The number of carbonyl (C=O) groups is 1. The number of anilines is 1. The van der Waals surface area contributed by atoms with Crippen molar-refractivity contribution < 1.29 is 18.7 Å². The normalized spacial score (nSPS) is 16.2. The molecule has 156 valence electrons. The number of urea groups is 1. The number of amides is 2. The Labute approximate surface area is 174 Å². The predicted molar refractivity (Wildman–Crippen MR) is 111 cm³/mol. The first-order valence-corrected chi connectivity index (χ1v) is 9.91. The quantitative estimate of drug-likeness (QED) is 0.661. The molecule has 0 spiro atoms. The number of ether oxygens (including phenoxy) is 2. The first-order chi connectivity index (χ1) is 14.7. The lowest BCUT2D eigenvalue weighted by Crippen LogP contribution is -2.41. The molecule has 3 aromatic rings. The van der Waals surface area contributed by atoms with Crippen molar-refractivity contribution in [2.45, 2.75) is 25.4 Å². The molecule has 8 heteroatoms. The highest BCUT2D eigenvalue weighted by Gasteiger charge is 2.28. The number of hydrogen-bond acceptors (Lipinski definition) is 6. The van der Waals surface area contributed by atoms with Crippen LogP contribution in [0.4, 0.5) is 10.5 Å². The average Bonchev–Trinajstić information content (AvgIpc) is 3.28. The van der Waals surface area contributed by atoms with E-state index in [2.05, 4.69) is 15.5 Å². The zero-order valence-electron chi connectivity index (χ0n) is 16.8. The number of nitrogens with one attached hydrogen (secondary N) is 1. The van der Waals surface area contributed by atoms with Gasteiger partial charge in [-0.1, -0.05) is 24.3 Å². The van der Waals surface area contributed by atoms with E-state index < -0.39 is 0 Å². The van der Waals surface area contributed by atoms with Crippen molar-refractivity contribution in [1.29, 1.82) is 0 Å². The molecular formula is C22H24N4O4. The number of methoxy groups -OCH3 is 1. The molecule has 1 fully saturated rings. The third kappa shape index (κ3) is 4.89. The van der Waals surface area contributed by atoms with Crippen LogP contribution in [0.1, 0.15) is 30.5 Å². The average molecular weight is 408 g/mol. The molecule has 1 aromatic heterocycles. The van der Waals surface area contributed by atoms with Gasteiger partial charge in [0, 0.05) is 24.8 Å². The fourth-order valence-corrected chi connectivity index (χ4v) is 3.42. The Morgan fingerprint density at radius 3 is 2.83 bits per heavy atom. The first kappa shape index (κ1) is 19.8. The van der Waals surface area contributed by atoms with Gasteiger partial charge >= 0.3 is 6.03 Å². The monoisotopic (exact) mass is 408 g/mol. The number of aromatic nitrogens is 2. The second-order valence-electron chi connectivity index (χ2n) is 7.08. The number of piperidine rings is 1. The molecule has 0 saturated carbocycles. The molecule has 2 aromatic carbocycles. The summed E-state index contributed by atoms with van der Waals surface area (Å²) in [6.07, 6.45) is 1.76. The molecule has 2 heterocycles. The second kappa shape index (κ2) is 9.30. The topological polar surface area (TPSA) is 89.7 Å². The molecule has 0 radical (unpaired) electrons. The van der Waals surface area contributed by atoms with Gasteiger partial charge in [0.1, 0.15) is 11.5 Å². The Morgan fingerprint density at radius 2 is 2.00 bits per heavy atom. The third-order valence-electron chi connectivity index (χ3n) is 4.97. The lowest BCUT2D eigenvalue weighted by atomic mass is 9.98. The van der Waals surface area contributed by atoms with Gasteiger partial charge in [-0.3, -0.25) is 0 Å². The lowest BCUT2D eigenvalue weighted by Gasteiger charge is -2.31. The molecule has 4 rings (SSSR count). The molecule has 8 nitrogen and oxygen atoms in total. The molecule has 1 saturated heterocycles. The first-order valence-electron chi connectivity index (χ1n) is 9.91. The van der Waals surface area contributed by atoms with Gasteiger partial charge in [0.15, 0.2) is 6.61 Å². The molecule has 2 amide bonds. The van der Waals surface area contributed by atoms with Crippen LogP contribution in [0.2, 0.25) is 0 Å². The Bertz CT molecular complexity index is 976. The van der Waals surface area contributed by atoms with Gasteiger partial charge in [-0.2, -0.15) is 0 Å². The van der Waals surface area contributed by atoms with Crippen molar-refractivity contribution >= 4 is 11.7 Å². The highest BCUT2D eigenvalue weighted by molar-refractivity contribution is 5.89. The molecule has 1 unspecified atom stereocenters. The summed E-state index contributed by atoms with van der Waals surface area (Å²) in [5.74, 6) is 2.41. The Hall–Kier alpha value is -3.55. The maximum atomic E-state index is 12.7. The van der Waals surface area contributed by atoms with Crippen LogP contribution < -0.4 is 14.8 Å². The van der Waals surface area contributed by atoms with E-state index in [1.807, 2.05) is 48.5 Å². The Balaban J connectivity index is 1.34. The number of nitrogens with zero attached hydrogens (tertiary/aromatic N) is 3. The molecule has 1 aliphatic heterocycles. The highest BCUT2D eigenvalue weighted by atomic mass is 16.5. The van der Waals surface area contributed by atoms with E-state index in [-0.39, 0.29) is 18.6 Å². The standard InChI is InChI=1S/C22H24N4O4/c1-28-19-11-5-8-17(13-19)23-22(27)26-12-6-7-16(14-26)21-25-24-20(30-21)15-29-18-9-3-2-4-10-18/h2-5,8-11,13,16H,6-7,12,14-15H2,1H3,(H,23,27). The van der Waals surface area contributed by atoms with Crippen LogP contribution in [0, 0.1) is 0 Å². The lowest BCUT2D eigenvalue weighted by molar-refractivity contribution is 0.184. The number of benzene rings is 2. The minimum atomic E-state index is -0.153. The van der Waals surface area contributed by atoms with Gasteiger partial charge in [0.2, 0.25) is 5.89 Å². The van der Waals surface area contributed by atoms with Gasteiger partial charge in [-0.15, -0.1) is 10.2 Å². The van der Waals surface area contributed by atoms with Gasteiger partial charge < -0.3 is 24.1 Å². The summed E-state index contributed by atoms with van der Waals surface area (Å²) in [5, 5.41) is 11.2.